The van der Waals surface area contributed by atoms with Crippen molar-refractivity contribution in [3.8, 4) is 0 Å². The number of amides is 2. The van der Waals surface area contributed by atoms with Crippen molar-refractivity contribution in [1.82, 2.24) is 4.90 Å². The molecule has 1 aliphatic heterocycles. The molecule has 130 valence electrons. The molecule has 1 heterocycles. The molecule has 1 saturated heterocycles. The summed E-state index contributed by atoms with van der Waals surface area (Å²) in [7, 11) is 0. The molecule has 0 spiro atoms. The summed E-state index contributed by atoms with van der Waals surface area (Å²) < 4.78 is 13.2. The van der Waals surface area contributed by atoms with Crippen molar-refractivity contribution in [2.75, 3.05) is 18.4 Å². The summed E-state index contributed by atoms with van der Waals surface area (Å²) in [6.45, 7) is 0.966. The quantitative estimate of drug-likeness (QED) is 0.900. The predicted molar refractivity (Wildman–Crippen MR) is 95.1 cm³/mol. The zero-order valence-corrected chi connectivity index (χ0v) is 14.3. The van der Waals surface area contributed by atoms with Gasteiger partial charge in [0, 0.05) is 29.4 Å². The van der Waals surface area contributed by atoms with Crippen LogP contribution >= 0.6 is 11.6 Å². The zero-order chi connectivity index (χ0) is 17.8. The minimum atomic E-state index is -0.402. The lowest BCUT2D eigenvalue weighted by atomic mass is 9.96. The lowest BCUT2D eigenvalue weighted by molar-refractivity contribution is -0.121. The fourth-order valence-corrected chi connectivity index (χ4v) is 3.09. The molecule has 2 aromatic rings. The number of benzene rings is 2. The van der Waals surface area contributed by atoms with Gasteiger partial charge in [0.05, 0.1) is 5.92 Å². The van der Waals surface area contributed by atoms with Gasteiger partial charge in [-0.1, -0.05) is 17.7 Å². The highest BCUT2D eigenvalue weighted by molar-refractivity contribution is 6.30. The van der Waals surface area contributed by atoms with Crippen molar-refractivity contribution in [2.45, 2.75) is 12.8 Å². The number of carbonyl (C=O) groups excluding carboxylic acids is 2. The SMILES string of the molecule is O=C(Nc1cccc(F)c1)[C@H]1CCCN(C(=O)c2ccc(Cl)cc2)C1. The van der Waals surface area contributed by atoms with E-state index in [1.165, 1.54) is 12.1 Å². The van der Waals surface area contributed by atoms with E-state index in [2.05, 4.69) is 5.32 Å². The Labute approximate surface area is 150 Å². The first-order valence-electron chi connectivity index (χ1n) is 8.14. The molecule has 0 radical (unpaired) electrons. The van der Waals surface area contributed by atoms with E-state index in [0.29, 0.717) is 35.8 Å². The predicted octanol–water partition coefficient (Wildman–Crippen LogP) is 3.97. The van der Waals surface area contributed by atoms with Crippen LogP contribution in [0.2, 0.25) is 5.02 Å². The van der Waals surface area contributed by atoms with Crippen LogP contribution in [0.1, 0.15) is 23.2 Å². The fourth-order valence-electron chi connectivity index (χ4n) is 2.96. The monoisotopic (exact) mass is 360 g/mol. The van der Waals surface area contributed by atoms with Gasteiger partial charge in [-0.2, -0.15) is 0 Å². The van der Waals surface area contributed by atoms with Gasteiger partial charge in [-0.05, 0) is 55.3 Å². The maximum Gasteiger partial charge on any atom is 0.253 e. The van der Waals surface area contributed by atoms with E-state index in [4.69, 9.17) is 11.6 Å². The van der Waals surface area contributed by atoms with Gasteiger partial charge in [-0.3, -0.25) is 9.59 Å². The molecule has 1 aliphatic rings. The van der Waals surface area contributed by atoms with Gasteiger partial charge in [0.2, 0.25) is 5.91 Å². The second-order valence-corrected chi connectivity index (χ2v) is 6.53. The Morgan fingerprint density at radius 3 is 2.64 bits per heavy atom. The second-order valence-electron chi connectivity index (χ2n) is 6.10. The summed E-state index contributed by atoms with van der Waals surface area (Å²) in [6, 6.07) is 12.5. The highest BCUT2D eigenvalue weighted by Crippen LogP contribution is 2.21. The molecule has 1 N–H and O–H groups in total. The Morgan fingerprint density at radius 2 is 1.92 bits per heavy atom. The molecule has 1 fully saturated rings. The minimum Gasteiger partial charge on any atom is -0.338 e. The third-order valence-corrected chi connectivity index (χ3v) is 4.51. The third kappa shape index (κ3) is 4.37. The molecule has 0 saturated carbocycles. The van der Waals surface area contributed by atoms with Crippen LogP contribution in [0.5, 0.6) is 0 Å². The van der Waals surface area contributed by atoms with Gasteiger partial charge in [0.15, 0.2) is 0 Å². The second kappa shape index (κ2) is 7.66. The van der Waals surface area contributed by atoms with Crippen molar-refractivity contribution in [3.63, 3.8) is 0 Å². The molecule has 1 atom stereocenters. The number of rotatable bonds is 3. The molecule has 25 heavy (non-hydrogen) atoms. The van der Waals surface area contributed by atoms with Crippen LogP contribution in [0.15, 0.2) is 48.5 Å². The highest BCUT2D eigenvalue weighted by atomic mass is 35.5. The Bertz CT molecular complexity index is 779. The number of carbonyl (C=O) groups is 2. The first-order valence-corrected chi connectivity index (χ1v) is 8.52. The Kier molecular flexibility index (Phi) is 5.34. The topological polar surface area (TPSA) is 49.4 Å². The molecule has 2 amide bonds. The van der Waals surface area contributed by atoms with E-state index in [1.54, 1.807) is 41.3 Å². The van der Waals surface area contributed by atoms with E-state index in [-0.39, 0.29) is 17.7 Å². The van der Waals surface area contributed by atoms with Crippen molar-refractivity contribution in [1.29, 1.82) is 0 Å². The number of anilines is 1. The van der Waals surface area contributed by atoms with E-state index in [1.807, 2.05) is 0 Å². The van der Waals surface area contributed by atoms with E-state index >= 15 is 0 Å². The molecule has 2 aromatic carbocycles. The zero-order valence-electron chi connectivity index (χ0n) is 13.5. The molecule has 0 bridgehead atoms. The molecule has 0 aromatic heterocycles. The summed E-state index contributed by atoms with van der Waals surface area (Å²) in [4.78, 5) is 26.7. The van der Waals surface area contributed by atoms with Gasteiger partial charge in [0.25, 0.3) is 5.91 Å². The normalized spacial score (nSPS) is 17.2. The fraction of sp³-hybridized carbons (Fsp3) is 0.263. The van der Waals surface area contributed by atoms with Gasteiger partial charge >= 0.3 is 0 Å². The average molecular weight is 361 g/mol. The van der Waals surface area contributed by atoms with Gasteiger partial charge in [-0.15, -0.1) is 0 Å². The summed E-state index contributed by atoms with van der Waals surface area (Å²) >= 11 is 5.85. The Hall–Kier alpha value is -2.40. The smallest absolute Gasteiger partial charge is 0.253 e. The Balaban J connectivity index is 1.65. The van der Waals surface area contributed by atoms with Crippen molar-refractivity contribution in [3.05, 3.63) is 64.9 Å². The maximum atomic E-state index is 13.2. The summed E-state index contributed by atoms with van der Waals surface area (Å²) in [5, 5.41) is 3.30. The molecule has 3 rings (SSSR count). The number of halogens is 2. The van der Waals surface area contributed by atoms with E-state index < -0.39 is 5.82 Å². The van der Waals surface area contributed by atoms with Crippen molar-refractivity contribution < 1.29 is 14.0 Å². The van der Waals surface area contributed by atoms with E-state index in [0.717, 1.165) is 6.42 Å². The molecule has 4 nitrogen and oxygen atoms in total. The number of hydrogen-bond acceptors (Lipinski definition) is 2. The van der Waals surface area contributed by atoms with Crippen molar-refractivity contribution in [2.24, 2.45) is 5.92 Å². The molecule has 6 heteroatoms. The first-order chi connectivity index (χ1) is 12.0. The van der Waals surface area contributed by atoms with Crippen LogP contribution in [0.3, 0.4) is 0 Å². The minimum absolute atomic E-state index is 0.111. The molecule has 0 unspecified atom stereocenters. The van der Waals surface area contributed by atoms with Gasteiger partial charge < -0.3 is 10.2 Å². The number of hydrogen-bond donors (Lipinski definition) is 1. The molecule has 0 aliphatic carbocycles. The maximum absolute atomic E-state index is 13.2. The van der Waals surface area contributed by atoms with Crippen LogP contribution < -0.4 is 5.32 Å². The summed E-state index contributed by atoms with van der Waals surface area (Å²) in [5.74, 6) is -1.02. The van der Waals surface area contributed by atoms with Crippen LogP contribution in [-0.4, -0.2) is 29.8 Å². The number of nitrogens with zero attached hydrogens (tertiary/aromatic N) is 1. The largest absolute Gasteiger partial charge is 0.338 e. The standard InChI is InChI=1S/C19H18ClFN2O2/c20-15-8-6-13(7-9-15)19(25)23-10-2-3-14(12-23)18(24)22-17-5-1-4-16(21)11-17/h1,4-9,11,14H,2-3,10,12H2,(H,22,24)/t14-/m0/s1. The molecular weight excluding hydrogens is 343 g/mol. The van der Waals surface area contributed by atoms with Crippen LogP contribution in [-0.2, 0) is 4.79 Å². The van der Waals surface area contributed by atoms with Gasteiger partial charge in [0.1, 0.15) is 5.82 Å². The van der Waals surface area contributed by atoms with Crippen LogP contribution in [0.25, 0.3) is 0 Å². The lowest BCUT2D eigenvalue weighted by Crippen LogP contribution is -2.43. The lowest BCUT2D eigenvalue weighted by Gasteiger charge is -2.32. The Morgan fingerprint density at radius 1 is 1.16 bits per heavy atom. The average Bonchev–Trinajstić information content (AvgIpc) is 2.62. The van der Waals surface area contributed by atoms with E-state index in [9.17, 15) is 14.0 Å². The van der Waals surface area contributed by atoms with Crippen LogP contribution in [0.4, 0.5) is 10.1 Å². The van der Waals surface area contributed by atoms with Gasteiger partial charge in [-0.25, -0.2) is 4.39 Å². The summed E-state index contributed by atoms with van der Waals surface area (Å²) in [5.41, 5.74) is 0.974. The first kappa shape index (κ1) is 17.4. The van der Waals surface area contributed by atoms with Crippen LogP contribution in [0, 0.1) is 11.7 Å². The summed E-state index contributed by atoms with van der Waals surface area (Å²) in [6.07, 6.45) is 1.45. The molecular formula is C19H18ClFN2O2. The van der Waals surface area contributed by atoms with Crippen molar-refractivity contribution >= 4 is 29.1 Å². The number of piperidine rings is 1. The number of nitrogens with one attached hydrogen (secondary N) is 1. The third-order valence-electron chi connectivity index (χ3n) is 4.26. The highest BCUT2D eigenvalue weighted by Gasteiger charge is 2.29. The number of likely N-dealkylation sites (tertiary alicyclic amines) is 1.